The second-order valence-corrected chi connectivity index (χ2v) is 10.5. The van der Waals surface area contributed by atoms with E-state index in [1.807, 2.05) is 30.3 Å². The monoisotopic (exact) mass is 522 g/mol. The number of rotatable bonds is 6. The number of nitrogens with zero attached hydrogens (tertiary/aromatic N) is 1. The maximum Gasteiger partial charge on any atom is 0.128 e. The van der Waals surface area contributed by atoms with Gasteiger partial charge in [-0.25, -0.2) is 4.39 Å². The normalized spacial score (nSPS) is 19.7. The number of allylic oxidation sites excluding steroid dienone is 2. The van der Waals surface area contributed by atoms with Gasteiger partial charge in [-0.2, -0.15) is 0 Å². The van der Waals surface area contributed by atoms with Crippen molar-refractivity contribution < 1.29 is 9.13 Å². The van der Waals surface area contributed by atoms with Crippen LogP contribution in [0.4, 0.5) is 15.8 Å². The minimum atomic E-state index is -0.283. The van der Waals surface area contributed by atoms with E-state index in [9.17, 15) is 4.39 Å². The van der Waals surface area contributed by atoms with E-state index in [0.717, 1.165) is 23.2 Å². The van der Waals surface area contributed by atoms with Gasteiger partial charge in [-0.05, 0) is 84.5 Å². The molecule has 3 nitrogen and oxygen atoms in total. The van der Waals surface area contributed by atoms with E-state index in [1.54, 1.807) is 18.3 Å². The molecule has 3 atom stereocenters. The Morgan fingerprint density at radius 1 is 1.03 bits per heavy atom. The maximum absolute atomic E-state index is 13.5. The van der Waals surface area contributed by atoms with Crippen LogP contribution in [0.2, 0.25) is 5.02 Å². The van der Waals surface area contributed by atoms with E-state index < -0.39 is 0 Å². The number of aryl methyl sites for hydroxylation is 1. The highest BCUT2D eigenvalue weighted by molar-refractivity contribution is 6.30. The minimum absolute atomic E-state index is 0.249. The van der Waals surface area contributed by atoms with Gasteiger partial charge in [0.25, 0.3) is 0 Å². The van der Waals surface area contributed by atoms with Crippen LogP contribution in [0, 0.1) is 18.7 Å². The fourth-order valence-corrected chi connectivity index (χ4v) is 5.68. The van der Waals surface area contributed by atoms with Crippen LogP contribution >= 0.6 is 11.6 Å². The van der Waals surface area contributed by atoms with Gasteiger partial charge in [-0.15, -0.1) is 0 Å². The number of hydrogen-bond acceptors (Lipinski definition) is 3. The highest BCUT2D eigenvalue weighted by Gasteiger charge is 2.37. The summed E-state index contributed by atoms with van der Waals surface area (Å²) < 4.78 is 19.5. The Labute approximate surface area is 227 Å². The first-order valence-corrected chi connectivity index (χ1v) is 13.3. The molecule has 4 aromatic carbocycles. The largest absolute Gasteiger partial charge is 0.488 e. The summed E-state index contributed by atoms with van der Waals surface area (Å²) >= 11 is 6.25. The van der Waals surface area contributed by atoms with Gasteiger partial charge in [-0.1, -0.05) is 65.7 Å². The van der Waals surface area contributed by atoms with Crippen molar-refractivity contribution in [3.8, 4) is 5.75 Å². The molecule has 6 rings (SSSR count). The molecule has 0 radical (unpaired) electrons. The third kappa shape index (κ3) is 5.09. The van der Waals surface area contributed by atoms with E-state index in [1.165, 1.54) is 34.5 Å². The molecule has 0 fully saturated rings. The summed E-state index contributed by atoms with van der Waals surface area (Å²) in [6, 6.07) is 27.2. The number of anilines is 1. The summed E-state index contributed by atoms with van der Waals surface area (Å²) in [4.78, 5) is 4.69. The predicted molar refractivity (Wildman–Crippen MR) is 153 cm³/mol. The van der Waals surface area contributed by atoms with Crippen molar-refractivity contribution in [3.05, 3.63) is 136 Å². The fraction of sp³-hybridized carbons (Fsp3) is 0.182. The van der Waals surface area contributed by atoms with Crippen molar-refractivity contribution in [2.24, 2.45) is 10.9 Å². The van der Waals surface area contributed by atoms with Crippen LogP contribution in [-0.4, -0.2) is 6.21 Å². The molecule has 0 saturated carbocycles. The topological polar surface area (TPSA) is 33.6 Å². The average molecular weight is 523 g/mol. The van der Waals surface area contributed by atoms with Crippen molar-refractivity contribution >= 4 is 29.2 Å². The van der Waals surface area contributed by atoms with Gasteiger partial charge >= 0.3 is 0 Å². The van der Waals surface area contributed by atoms with Crippen molar-refractivity contribution in [1.29, 1.82) is 0 Å². The second-order valence-electron chi connectivity index (χ2n) is 10.0. The molecule has 1 N–H and O–H groups in total. The molecule has 1 heterocycles. The molecule has 0 amide bonds. The Bertz CT molecular complexity index is 1530. The molecule has 190 valence electrons. The Kier molecular flexibility index (Phi) is 6.73. The standard InChI is InChI=1S/C33H28ClFN2O/c1-21-8-14-31-30(16-21)28-6-3-7-29(28)33(37-31)23-9-12-27(13-10-23)36-19-24-18-25(34)11-15-32(24)38-20-22-4-2-5-26(35)17-22/h2-6,8-19,28-29,33,37H,7,20H2,1H3/t28-,29+,33-/m1/s1. The molecule has 1 aliphatic carbocycles. The highest BCUT2D eigenvalue weighted by Crippen LogP contribution is 2.50. The number of fused-ring (bicyclic) bond motifs is 3. The highest BCUT2D eigenvalue weighted by atomic mass is 35.5. The summed E-state index contributed by atoms with van der Waals surface area (Å²) in [6.07, 6.45) is 7.52. The number of hydrogen-bond donors (Lipinski definition) is 1. The van der Waals surface area contributed by atoms with Crippen LogP contribution in [0.1, 0.15) is 46.2 Å². The zero-order valence-electron chi connectivity index (χ0n) is 21.1. The molecule has 0 saturated heterocycles. The third-order valence-electron chi connectivity index (χ3n) is 7.38. The molecule has 0 aromatic heterocycles. The Balaban J connectivity index is 1.19. The van der Waals surface area contributed by atoms with Gasteiger partial charge in [-0.3, -0.25) is 4.99 Å². The average Bonchev–Trinajstić information content (AvgIpc) is 3.42. The van der Waals surface area contributed by atoms with E-state index >= 15 is 0 Å². The van der Waals surface area contributed by atoms with Gasteiger partial charge in [0.2, 0.25) is 0 Å². The first-order chi connectivity index (χ1) is 18.5. The summed E-state index contributed by atoms with van der Waals surface area (Å²) in [5.74, 6) is 1.30. The van der Waals surface area contributed by atoms with Crippen LogP contribution in [0.5, 0.6) is 5.75 Å². The summed E-state index contributed by atoms with van der Waals surface area (Å²) in [5.41, 5.74) is 7.55. The number of benzene rings is 4. The lowest BCUT2D eigenvalue weighted by Gasteiger charge is -2.37. The summed E-state index contributed by atoms with van der Waals surface area (Å²) in [6.45, 7) is 2.41. The fourth-order valence-electron chi connectivity index (χ4n) is 5.50. The Morgan fingerprint density at radius 2 is 1.89 bits per heavy atom. The van der Waals surface area contributed by atoms with Crippen LogP contribution in [0.3, 0.4) is 0 Å². The molecule has 4 aromatic rings. The van der Waals surface area contributed by atoms with Gasteiger partial charge < -0.3 is 10.1 Å². The first-order valence-electron chi connectivity index (χ1n) is 12.9. The number of ether oxygens (including phenoxy) is 1. The van der Waals surface area contributed by atoms with Gasteiger partial charge in [0.15, 0.2) is 0 Å². The van der Waals surface area contributed by atoms with Crippen LogP contribution in [-0.2, 0) is 6.61 Å². The van der Waals surface area contributed by atoms with E-state index in [4.69, 9.17) is 16.3 Å². The van der Waals surface area contributed by atoms with E-state index in [0.29, 0.717) is 22.6 Å². The molecular formula is C33H28ClFN2O. The van der Waals surface area contributed by atoms with Crippen molar-refractivity contribution in [1.82, 2.24) is 0 Å². The van der Waals surface area contributed by atoms with Gasteiger partial charge in [0, 0.05) is 28.4 Å². The molecule has 0 unspecified atom stereocenters. The quantitative estimate of drug-likeness (QED) is 0.202. The smallest absolute Gasteiger partial charge is 0.128 e. The Morgan fingerprint density at radius 3 is 2.74 bits per heavy atom. The first kappa shape index (κ1) is 24.4. The molecule has 1 aliphatic heterocycles. The zero-order chi connectivity index (χ0) is 26.1. The molecular weight excluding hydrogens is 495 g/mol. The van der Waals surface area contributed by atoms with Crippen molar-refractivity contribution in [2.75, 3.05) is 5.32 Å². The summed E-state index contributed by atoms with van der Waals surface area (Å²) in [7, 11) is 0. The van der Waals surface area contributed by atoms with Crippen molar-refractivity contribution in [2.45, 2.75) is 31.9 Å². The minimum Gasteiger partial charge on any atom is -0.488 e. The van der Waals surface area contributed by atoms with Gasteiger partial charge in [0.05, 0.1) is 11.7 Å². The number of nitrogens with one attached hydrogen (secondary N) is 1. The van der Waals surface area contributed by atoms with Crippen LogP contribution < -0.4 is 10.1 Å². The van der Waals surface area contributed by atoms with E-state index in [2.05, 4.69) is 59.7 Å². The lowest BCUT2D eigenvalue weighted by atomic mass is 9.76. The number of halogens is 2. The summed E-state index contributed by atoms with van der Waals surface area (Å²) in [5, 5.41) is 4.40. The SMILES string of the molecule is Cc1ccc2c(c1)[C@@H]1C=CC[C@@H]1[C@@H](c1ccc(N=Cc3cc(Cl)ccc3OCc3cccc(F)c3)cc1)N2. The van der Waals surface area contributed by atoms with Gasteiger partial charge in [0.1, 0.15) is 18.2 Å². The molecule has 2 aliphatic rings. The second kappa shape index (κ2) is 10.5. The van der Waals surface area contributed by atoms with Crippen molar-refractivity contribution in [3.63, 3.8) is 0 Å². The van der Waals surface area contributed by atoms with E-state index in [-0.39, 0.29) is 18.5 Å². The lowest BCUT2D eigenvalue weighted by molar-refractivity contribution is 0.305. The zero-order valence-corrected chi connectivity index (χ0v) is 21.8. The van der Waals surface area contributed by atoms with Crippen LogP contribution in [0.15, 0.2) is 102 Å². The number of aliphatic imine (C=N–C) groups is 1. The Hall–Kier alpha value is -3.89. The lowest BCUT2D eigenvalue weighted by Crippen LogP contribution is -2.29. The maximum atomic E-state index is 13.5. The molecule has 0 bridgehead atoms. The third-order valence-corrected chi connectivity index (χ3v) is 7.61. The molecule has 0 spiro atoms. The molecule has 5 heteroatoms. The predicted octanol–water partition coefficient (Wildman–Crippen LogP) is 8.94. The molecule has 38 heavy (non-hydrogen) atoms. The van der Waals surface area contributed by atoms with Crippen LogP contribution in [0.25, 0.3) is 0 Å².